The molecule has 0 fully saturated rings. The summed E-state index contributed by atoms with van der Waals surface area (Å²) in [5.41, 5.74) is 11.7. The number of hydrogen-bond donors (Lipinski definition) is 2. The fraction of sp³-hybridized carbons (Fsp3) is 0.400. The van der Waals surface area contributed by atoms with Gasteiger partial charge in [0.15, 0.2) is 11.4 Å². The summed E-state index contributed by atoms with van der Waals surface area (Å²) >= 11 is 0. The summed E-state index contributed by atoms with van der Waals surface area (Å²) in [6, 6.07) is 3.89. The molecular weight excluding hydrogens is 430 g/mol. The highest BCUT2D eigenvalue weighted by Crippen LogP contribution is 2.34. The Bertz CT molecular complexity index is 1280. The SMILES string of the molecule is CCCC(CCC)c1nc2c(-c3ccc(-c4cnn(CCO)c4)nc3)cnn2c(N)c1C(C)=O. The molecule has 0 aliphatic carbocycles. The number of hydrogen-bond acceptors (Lipinski definition) is 7. The summed E-state index contributed by atoms with van der Waals surface area (Å²) in [6.07, 6.45) is 11.0. The molecule has 0 unspecified atom stereocenters. The Hall–Kier alpha value is -3.59. The van der Waals surface area contributed by atoms with Crippen LogP contribution in [0.1, 0.15) is 68.4 Å². The maximum Gasteiger partial charge on any atom is 0.165 e. The van der Waals surface area contributed by atoms with Crippen LogP contribution in [0.3, 0.4) is 0 Å². The van der Waals surface area contributed by atoms with Crippen molar-refractivity contribution in [1.29, 1.82) is 0 Å². The minimum Gasteiger partial charge on any atom is -0.394 e. The molecule has 4 rings (SSSR count). The van der Waals surface area contributed by atoms with Gasteiger partial charge in [-0.3, -0.25) is 14.5 Å². The average molecular weight is 462 g/mol. The van der Waals surface area contributed by atoms with Crippen LogP contribution >= 0.6 is 0 Å². The Morgan fingerprint density at radius 2 is 1.85 bits per heavy atom. The number of rotatable bonds is 10. The Morgan fingerprint density at radius 1 is 1.09 bits per heavy atom. The van der Waals surface area contributed by atoms with Gasteiger partial charge in [0, 0.05) is 35.0 Å². The third kappa shape index (κ3) is 4.43. The van der Waals surface area contributed by atoms with Crippen molar-refractivity contribution in [2.75, 3.05) is 12.3 Å². The number of nitrogens with two attached hydrogens (primary N) is 1. The molecule has 0 bridgehead atoms. The number of aromatic nitrogens is 6. The summed E-state index contributed by atoms with van der Waals surface area (Å²) in [6.45, 7) is 6.29. The lowest BCUT2D eigenvalue weighted by molar-refractivity contribution is 0.101. The first-order valence-corrected chi connectivity index (χ1v) is 11.8. The molecule has 3 N–H and O–H groups in total. The van der Waals surface area contributed by atoms with Crippen LogP contribution in [0.15, 0.2) is 36.9 Å². The van der Waals surface area contributed by atoms with E-state index in [0.717, 1.165) is 53.8 Å². The third-order valence-corrected chi connectivity index (χ3v) is 6.06. The van der Waals surface area contributed by atoms with Gasteiger partial charge in [-0.15, -0.1) is 0 Å². The number of carbonyl (C=O) groups is 1. The van der Waals surface area contributed by atoms with Gasteiger partial charge in [-0.05, 0) is 25.8 Å². The van der Waals surface area contributed by atoms with Gasteiger partial charge in [-0.25, -0.2) is 4.98 Å². The highest BCUT2D eigenvalue weighted by atomic mass is 16.3. The standard InChI is InChI=1S/C25H31N7O2/c1-4-6-17(7-5-2)23-22(16(3)34)24(26)32-25(30-23)20(14-29-32)18-8-9-21(27-12-18)19-13-28-31(15-19)10-11-33/h8-9,12-15,17,33H,4-7,10-11,26H2,1-3H3. The minimum atomic E-state index is -0.0936. The van der Waals surface area contributed by atoms with Crippen molar-refractivity contribution in [1.82, 2.24) is 29.4 Å². The molecule has 178 valence electrons. The Balaban J connectivity index is 1.78. The molecule has 0 atom stereocenters. The van der Waals surface area contributed by atoms with Crippen LogP contribution in [0.5, 0.6) is 0 Å². The van der Waals surface area contributed by atoms with Gasteiger partial charge in [0.2, 0.25) is 0 Å². The largest absolute Gasteiger partial charge is 0.394 e. The first-order chi connectivity index (χ1) is 16.5. The van der Waals surface area contributed by atoms with E-state index in [-0.39, 0.29) is 18.3 Å². The molecule has 9 nitrogen and oxygen atoms in total. The zero-order chi connectivity index (χ0) is 24.2. The van der Waals surface area contributed by atoms with Crippen molar-refractivity contribution >= 4 is 17.2 Å². The second kappa shape index (κ2) is 10.1. The number of nitrogen functional groups attached to an aromatic ring is 1. The molecule has 0 saturated heterocycles. The molecule has 4 aromatic rings. The number of fused-ring (bicyclic) bond motifs is 1. The van der Waals surface area contributed by atoms with Crippen LogP contribution in [0.4, 0.5) is 5.82 Å². The van der Waals surface area contributed by atoms with Gasteiger partial charge in [0.05, 0.1) is 42.5 Å². The van der Waals surface area contributed by atoms with Gasteiger partial charge in [-0.1, -0.05) is 32.8 Å². The van der Waals surface area contributed by atoms with Crippen LogP contribution < -0.4 is 5.73 Å². The highest BCUT2D eigenvalue weighted by Gasteiger charge is 2.25. The van der Waals surface area contributed by atoms with E-state index in [9.17, 15) is 4.79 Å². The molecular formula is C25H31N7O2. The number of Topliss-reactive ketones (excluding diaryl/α,β-unsaturated/α-hetero) is 1. The lowest BCUT2D eigenvalue weighted by Crippen LogP contribution is -2.16. The second-order valence-electron chi connectivity index (χ2n) is 8.53. The van der Waals surface area contributed by atoms with E-state index in [1.807, 2.05) is 18.3 Å². The molecule has 0 spiro atoms. The van der Waals surface area contributed by atoms with Gasteiger partial charge in [0.1, 0.15) is 5.82 Å². The number of pyridine rings is 1. The maximum atomic E-state index is 12.5. The molecule has 9 heteroatoms. The monoisotopic (exact) mass is 461 g/mol. The van der Waals surface area contributed by atoms with Crippen LogP contribution in [-0.4, -0.2) is 46.9 Å². The van der Waals surface area contributed by atoms with Gasteiger partial charge in [0.25, 0.3) is 0 Å². The zero-order valence-electron chi connectivity index (χ0n) is 19.9. The van der Waals surface area contributed by atoms with Crippen molar-refractivity contribution in [3.8, 4) is 22.4 Å². The number of aliphatic hydroxyl groups excluding tert-OH is 1. The van der Waals surface area contributed by atoms with E-state index in [1.165, 1.54) is 6.92 Å². The van der Waals surface area contributed by atoms with E-state index >= 15 is 0 Å². The minimum absolute atomic E-state index is 0.0308. The molecule has 4 heterocycles. The van der Waals surface area contributed by atoms with Gasteiger partial charge in [-0.2, -0.15) is 14.7 Å². The Morgan fingerprint density at radius 3 is 2.47 bits per heavy atom. The van der Waals surface area contributed by atoms with Crippen LogP contribution in [0.2, 0.25) is 0 Å². The fourth-order valence-electron chi connectivity index (χ4n) is 4.45. The predicted molar refractivity (Wildman–Crippen MR) is 131 cm³/mol. The number of aliphatic hydroxyl groups is 1. The van der Waals surface area contributed by atoms with E-state index in [1.54, 1.807) is 27.8 Å². The lowest BCUT2D eigenvalue weighted by atomic mass is 9.90. The van der Waals surface area contributed by atoms with E-state index in [4.69, 9.17) is 15.8 Å². The third-order valence-electron chi connectivity index (χ3n) is 6.06. The number of ketones is 1. The quantitative estimate of drug-likeness (QED) is 0.340. The second-order valence-corrected chi connectivity index (χ2v) is 8.53. The topological polar surface area (TPSA) is 124 Å². The molecule has 0 radical (unpaired) electrons. The highest BCUT2D eigenvalue weighted by molar-refractivity contribution is 6.00. The number of carbonyl (C=O) groups excluding carboxylic acids is 1. The molecule has 0 aliphatic heterocycles. The molecule has 34 heavy (non-hydrogen) atoms. The summed E-state index contributed by atoms with van der Waals surface area (Å²) < 4.78 is 3.23. The number of anilines is 1. The van der Waals surface area contributed by atoms with Crippen LogP contribution in [0.25, 0.3) is 28.0 Å². The van der Waals surface area contributed by atoms with E-state index in [2.05, 4.69) is 29.0 Å². The molecule has 0 amide bonds. The van der Waals surface area contributed by atoms with Crippen LogP contribution in [0, 0.1) is 0 Å². The van der Waals surface area contributed by atoms with Crippen molar-refractivity contribution in [2.45, 2.75) is 58.9 Å². The summed E-state index contributed by atoms with van der Waals surface area (Å²) in [4.78, 5) is 22.1. The van der Waals surface area contributed by atoms with Crippen LogP contribution in [-0.2, 0) is 6.54 Å². The molecule has 4 aromatic heterocycles. The fourth-order valence-corrected chi connectivity index (χ4v) is 4.45. The Kier molecular flexibility index (Phi) is 7.02. The first kappa shape index (κ1) is 23.6. The number of nitrogens with zero attached hydrogens (tertiary/aromatic N) is 6. The van der Waals surface area contributed by atoms with Gasteiger partial charge >= 0.3 is 0 Å². The van der Waals surface area contributed by atoms with Crippen molar-refractivity contribution in [3.63, 3.8) is 0 Å². The summed E-state index contributed by atoms with van der Waals surface area (Å²) in [7, 11) is 0. The van der Waals surface area contributed by atoms with Crippen molar-refractivity contribution in [2.24, 2.45) is 0 Å². The first-order valence-electron chi connectivity index (χ1n) is 11.8. The Labute approximate surface area is 198 Å². The summed E-state index contributed by atoms with van der Waals surface area (Å²) in [5, 5.41) is 17.8. The zero-order valence-corrected chi connectivity index (χ0v) is 19.9. The average Bonchev–Trinajstić information content (AvgIpc) is 3.46. The van der Waals surface area contributed by atoms with Crippen molar-refractivity contribution in [3.05, 3.63) is 48.2 Å². The summed E-state index contributed by atoms with van der Waals surface area (Å²) in [5.74, 6) is 0.403. The van der Waals surface area contributed by atoms with E-state index < -0.39 is 0 Å². The smallest absolute Gasteiger partial charge is 0.165 e. The lowest BCUT2D eigenvalue weighted by Gasteiger charge is -2.19. The van der Waals surface area contributed by atoms with E-state index in [0.29, 0.717) is 23.6 Å². The normalized spacial score (nSPS) is 11.6. The molecule has 0 aliphatic rings. The van der Waals surface area contributed by atoms with Gasteiger partial charge < -0.3 is 10.8 Å². The maximum absolute atomic E-state index is 12.5. The molecule has 0 saturated carbocycles. The predicted octanol–water partition coefficient (Wildman–Crippen LogP) is 4.12. The van der Waals surface area contributed by atoms with Crippen molar-refractivity contribution < 1.29 is 9.90 Å². The molecule has 0 aromatic carbocycles.